The van der Waals surface area contributed by atoms with Gasteiger partial charge in [-0.05, 0) is 65.1 Å². The third-order valence-corrected chi connectivity index (χ3v) is 4.80. The summed E-state index contributed by atoms with van der Waals surface area (Å²) < 4.78 is 0. The summed E-state index contributed by atoms with van der Waals surface area (Å²) in [5.41, 5.74) is 5.04. The molecule has 1 heterocycles. The van der Waals surface area contributed by atoms with Crippen molar-refractivity contribution in [3.8, 4) is 0 Å². The molecule has 0 bridgehead atoms. The maximum atomic E-state index is 11.7. The fourth-order valence-electron chi connectivity index (χ4n) is 3.35. The summed E-state index contributed by atoms with van der Waals surface area (Å²) in [5.74, 6) is -0.222. The Balaban J connectivity index is 2.43. The average Bonchev–Trinajstić information content (AvgIpc) is 2.47. The molecule has 1 fully saturated rings. The summed E-state index contributed by atoms with van der Waals surface area (Å²) in [7, 11) is 0. The number of carbonyl (C=O) groups is 1. The van der Waals surface area contributed by atoms with Gasteiger partial charge in [-0.2, -0.15) is 0 Å². The van der Waals surface area contributed by atoms with Crippen LogP contribution in [0, 0.1) is 0 Å². The van der Waals surface area contributed by atoms with Crippen molar-refractivity contribution in [2.75, 3.05) is 19.6 Å². The van der Waals surface area contributed by atoms with E-state index < -0.39 is 5.54 Å². The number of hydrogen-bond acceptors (Lipinski definition) is 3. The van der Waals surface area contributed by atoms with Gasteiger partial charge in [-0.1, -0.05) is 26.7 Å². The number of nitrogens with zero attached hydrogens (tertiary/aromatic N) is 1. The lowest BCUT2D eigenvalue weighted by molar-refractivity contribution is -0.124. The Bertz CT molecular complexity index is 306. The summed E-state index contributed by atoms with van der Waals surface area (Å²) in [5, 5.41) is 3.33. The van der Waals surface area contributed by atoms with Crippen molar-refractivity contribution in [2.45, 2.75) is 83.7 Å². The van der Waals surface area contributed by atoms with E-state index in [4.69, 9.17) is 5.73 Å². The summed E-state index contributed by atoms with van der Waals surface area (Å²) in [6.07, 6.45) is 9.50. The standard InChI is InChI=1S/C17H35N3O/c1-4-9-15-10-6-7-13-20(15)14-8-11-17(3,16(18)21)19-12-5-2/h15,19H,4-14H2,1-3H3,(H2,18,21). The van der Waals surface area contributed by atoms with Crippen molar-refractivity contribution < 1.29 is 4.79 Å². The quantitative estimate of drug-likeness (QED) is 0.652. The number of likely N-dealkylation sites (tertiary alicyclic amines) is 1. The SMILES string of the molecule is CCCNC(C)(CCCN1CCCCC1CCC)C(N)=O. The van der Waals surface area contributed by atoms with Crippen molar-refractivity contribution in [2.24, 2.45) is 5.73 Å². The van der Waals surface area contributed by atoms with Gasteiger partial charge in [-0.3, -0.25) is 4.79 Å². The van der Waals surface area contributed by atoms with Crippen molar-refractivity contribution in [3.63, 3.8) is 0 Å². The molecular weight excluding hydrogens is 262 g/mol. The Morgan fingerprint density at radius 3 is 2.71 bits per heavy atom. The van der Waals surface area contributed by atoms with Crippen LogP contribution in [0.2, 0.25) is 0 Å². The first-order valence-corrected chi connectivity index (χ1v) is 8.82. The maximum absolute atomic E-state index is 11.7. The molecule has 0 aromatic rings. The molecule has 21 heavy (non-hydrogen) atoms. The van der Waals surface area contributed by atoms with Crippen molar-refractivity contribution in [1.29, 1.82) is 0 Å². The second kappa shape index (κ2) is 9.42. The van der Waals surface area contributed by atoms with E-state index in [0.717, 1.165) is 38.4 Å². The predicted octanol–water partition coefficient (Wildman–Crippen LogP) is 2.66. The molecule has 4 heteroatoms. The Labute approximate surface area is 130 Å². The van der Waals surface area contributed by atoms with Crippen molar-refractivity contribution >= 4 is 5.91 Å². The Morgan fingerprint density at radius 1 is 1.33 bits per heavy atom. The third kappa shape index (κ3) is 5.95. The molecule has 1 amide bonds. The molecule has 0 aromatic heterocycles. The van der Waals surface area contributed by atoms with E-state index in [1.807, 2.05) is 6.92 Å². The van der Waals surface area contributed by atoms with Gasteiger partial charge in [0.25, 0.3) is 0 Å². The molecule has 0 spiro atoms. The van der Waals surface area contributed by atoms with Gasteiger partial charge in [-0.15, -0.1) is 0 Å². The largest absolute Gasteiger partial charge is 0.368 e. The summed E-state index contributed by atoms with van der Waals surface area (Å²) in [6, 6.07) is 0.757. The van der Waals surface area contributed by atoms with E-state index in [0.29, 0.717) is 0 Å². The van der Waals surface area contributed by atoms with Crippen molar-refractivity contribution in [1.82, 2.24) is 10.2 Å². The molecule has 0 aliphatic carbocycles. The number of carbonyl (C=O) groups excluding carboxylic acids is 1. The molecule has 0 radical (unpaired) electrons. The van der Waals surface area contributed by atoms with Crippen LogP contribution in [0.15, 0.2) is 0 Å². The van der Waals surface area contributed by atoms with E-state index in [1.165, 1.54) is 38.6 Å². The molecule has 2 atom stereocenters. The van der Waals surface area contributed by atoms with Crippen LogP contribution >= 0.6 is 0 Å². The van der Waals surface area contributed by atoms with Gasteiger partial charge >= 0.3 is 0 Å². The van der Waals surface area contributed by atoms with E-state index in [-0.39, 0.29) is 5.91 Å². The zero-order valence-corrected chi connectivity index (χ0v) is 14.3. The highest BCUT2D eigenvalue weighted by Gasteiger charge is 2.30. The molecular formula is C17H35N3O. The highest BCUT2D eigenvalue weighted by molar-refractivity contribution is 5.84. The van der Waals surface area contributed by atoms with E-state index in [9.17, 15) is 4.79 Å². The minimum Gasteiger partial charge on any atom is -0.368 e. The first-order valence-electron chi connectivity index (χ1n) is 8.82. The van der Waals surface area contributed by atoms with Crippen LogP contribution in [-0.4, -0.2) is 42.0 Å². The second-order valence-corrected chi connectivity index (χ2v) is 6.70. The zero-order valence-electron chi connectivity index (χ0n) is 14.3. The number of amides is 1. The van der Waals surface area contributed by atoms with Crippen LogP contribution in [0.4, 0.5) is 0 Å². The molecule has 1 aliphatic heterocycles. The molecule has 2 unspecified atom stereocenters. The van der Waals surface area contributed by atoms with Gasteiger partial charge in [-0.25, -0.2) is 0 Å². The van der Waals surface area contributed by atoms with Gasteiger partial charge in [0.05, 0.1) is 5.54 Å². The van der Waals surface area contributed by atoms with Crippen molar-refractivity contribution in [3.05, 3.63) is 0 Å². The first-order chi connectivity index (χ1) is 10.0. The van der Waals surface area contributed by atoms with Gasteiger partial charge in [0.1, 0.15) is 0 Å². The number of piperidine rings is 1. The van der Waals surface area contributed by atoms with Gasteiger partial charge < -0.3 is 16.0 Å². The summed E-state index contributed by atoms with van der Waals surface area (Å²) in [4.78, 5) is 14.4. The van der Waals surface area contributed by atoms with E-state index in [1.54, 1.807) is 0 Å². The predicted molar refractivity (Wildman–Crippen MR) is 89.2 cm³/mol. The Hall–Kier alpha value is -0.610. The normalized spacial score (nSPS) is 22.9. The Kier molecular flexibility index (Phi) is 8.27. The highest BCUT2D eigenvalue weighted by atomic mass is 16.1. The van der Waals surface area contributed by atoms with Crippen LogP contribution in [0.5, 0.6) is 0 Å². The molecule has 0 saturated carbocycles. The number of rotatable bonds is 10. The fraction of sp³-hybridized carbons (Fsp3) is 0.941. The Morgan fingerprint density at radius 2 is 2.10 bits per heavy atom. The van der Waals surface area contributed by atoms with Crippen LogP contribution in [-0.2, 0) is 4.79 Å². The minimum absolute atomic E-state index is 0.222. The topological polar surface area (TPSA) is 58.4 Å². The monoisotopic (exact) mass is 297 g/mol. The molecule has 4 nitrogen and oxygen atoms in total. The van der Waals surface area contributed by atoms with E-state index in [2.05, 4.69) is 24.1 Å². The van der Waals surface area contributed by atoms with Gasteiger partial charge in [0.15, 0.2) is 0 Å². The van der Waals surface area contributed by atoms with Gasteiger partial charge in [0.2, 0.25) is 5.91 Å². The summed E-state index contributed by atoms with van der Waals surface area (Å²) >= 11 is 0. The highest BCUT2D eigenvalue weighted by Crippen LogP contribution is 2.22. The van der Waals surface area contributed by atoms with Crippen LogP contribution in [0.3, 0.4) is 0 Å². The molecule has 0 aromatic carbocycles. The smallest absolute Gasteiger partial charge is 0.237 e. The zero-order chi connectivity index (χ0) is 15.7. The van der Waals surface area contributed by atoms with Crippen LogP contribution in [0.1, 0.15) is 72.1 Å². The molecule has 124 valence electrons. The minimum atomic E-state index is -0.550. The number of nitrogens with two attached hydrogens (primary N) is 1. The lowest BCUT2D eigenvalue weighted by Crippen LogP contribution is -2.53. The fourth-order valence-corrected chi connectivity index (χ4v) is 3.35. The number of hydrogen-bond donors (Lipinski definition) is 2. The molecule has 1 aliphatic rings. The number of nitrogens with one attached hydrogen (secondary N) is 1. The molecule has 1 rings (SSSR count). The number of primary amides is 1. The van der Waals surface area contributed by atoms with Crippen LogP contribution in [0.25, 0.3) is 0 Å². The maximum Gasteiger partial charge on any atom is 0.237 e. The lowest BCUT2D eigenvalue weighted by atomic mass is 9.93. The lowest BCUT2D eigenvalue weighted by Gasteiger charge is -2.36. The van der Waals surface area contributed by atoms with Gasteiger partial charge in [0, 0.05) is 6.04 Å². The molecule has 3 N–H and O–H groups in total. The average molecular weight is 297 g/mol. The van der Waals surface area contributed by atoms with E-state index >= 15 is 0 Å². The molecule has 1 saturated heterocycles. The van der Waals surface area contributed by atoms with Crippen LogP contribution < -0.4 is 11.1 Å². The second-order valence-electron chi connectivity index (χ2n) is 6.70. The first kappa shape index (κ1) is 18.4. The third-order valence-electron chi connectivity index (χ3n) is 4.80. The summed E-state index contributed by atoms with van der Waals surface area (Å²) in [6.45, 7) is 9.50.